The molecule has 0 unspecified atom stereocenters. The van der Waals surface area contributed by atoms with Gasteiger partial charge in [-0.25, -0.2) is 14.8 Å². The zero-order valence-electron chi connectivity index (χ0n) is 26.5. The van der Waals surface area contributed by atoms with Crippen molar-refractivity contribution in [3.05, 3.63) is 72.6 Å². The first kappa shape index (κ1) is 32.4. The van der Waals surface area contributed by atoms with Crippen molar-refractivity contribution in [3.63, 3.8) is 0 Å². The van der Waals surface area contributed by atoms with E-state index in [2.05, 4.69) is 54.8 Å². The number of aromatic amines is 2. The topological polar surface area (TPSA) is 165 Å². The van der Waals surface area contributed by atoms with Crippen molar-refractivity contribution in [2.24, 2.45) is 0 Å². The van der Waals surface area contributed by atoms with E-state index < -0.39 is 30.2 Å². The zero-order chi connectivity index (χ0) is 32.8. The average molecular weight is 628 g/mol. The Hall–Kier alpha value is -4.97. The summed E-state index contributed by atoms with van der Waals surface area (Å²) >= 11 is 0. The van der Waals surface area contributed by atoms with Crippen LogP contribution in [0.15, 0.2) is 60.9 Å². The van der Waals surface area contributed by atoms with Gasteiger partial charge in [-0.15, -0.1) is 0 Å². The number of carboxylic acid groups (broad SMARTS) is 1. The molecule has 0 saturated carbocycles. The second-order valence-electron chi connectivity index (χ2n) is 11.6. The van der Waals surface area contributed by atoms with Gasteiger partial charge in [0.15, 0.2) is 0 Å². The quantitative estimate of drug-likeness (QED) is 0.139. The highest BCUT2D eigenvalue weighted by atomic mass is 16.5. The maximum Gasteiger partial charge on any atom is 0.405 e. The Morgan fingerprint density at radius 3 is 2.11 bits per heavy atom. The van der Waals surface area contributed by atoms with Crippen LogP contribution in [0.2, 0.25) is 0 Å². The number of H-pyrrole nitrogens is 2. The molecule has 1 aliphatic heterocycles. The number of hydrogen-bond donors (Lipinski definition) is 5. The first-order valence-electron chi connectivity index (χ1n) is 15.6. The van der Waals surface area contributed by atoms with Crippen molar-refractivity contribution < 1.29 is 24.2 Å². The number of methoxy groups -OCH3 is 1. The summed E-state index contributed by atoms with van der Waals surface area (Å²) in [7, 11) is 1.41. The molecule has 12 heteroatoms. The molecular formula is C34H41N7O5. The number of ether oxygens (including phenoxy) is 1. The number of imidazole rings is 2. The van der Waals surface area contributed by atoms with E-state index in [-0.39, 0.29) is 11.9 Å². The molecule has 46 heavy (non-hydrogen) atoms. The van der Waals surface area contributed by atoms with Gasteiger partial charge in [0, 0.05) is 20.1 Å². The number of likely N-dealkylation sites (tertiary alicyclic amines) is 1. The monoisotopic (exact) mass is 627 g/mol. The summed E-state index contributed by atoms with van der Waals surface area (Å²) in [5.74, 6) is 1.07. The average Bonchev–Trinajstić information content (AvgIpc) is 3.85. The fourth-order valence-electron chi connectivity index (χ4n) is 5.78. The molecule has 0 aliphatic carbocycles. The van der Waals surface area contributed by atoms with E-state index in [0.29, 0.717) is 12.2 Å². The summed E-state index contributed by atoms with van der Waals surface area (Å²) in [4.78, 5) is 54.2. The summed E-state index contributed by atoms with van der Waals surface area (Å²) in [5.41, 5.74) is 5.79. The van der Waals surface area contributed by atoms with Crippen molar-refractivity contribution in [1.82, 2.24) is 35.5 Å². The molecule has 5 rings (SSSR count). The minimum absolute atomic E-state index is 0.0108. The summed E-state index contributed by atoms with van der Waals surface area (Å²) in [6, 6.07) is 14.8. The third kappa shape index (κ3) is 7.28. The van der Waals surface area contributed by atoms with Gasteiger partial charge in [0.05, 0.1) is 42.0 Å². The molecular weight excluding hydrogens is 586 g/mol. The number of rotatable bonds is 12. The Morgan fingerprint density at radius 2 is 1.52 bits per heavy atom. The van der Waals surface area contributed by atoms with Gasteiger partial charge in [-0.2, -0.15) is 0 Å². The molecule has 1 aliphatic rings. The predicted molar refractivity (Wildman–Crippen MR) is 174 cm³/mol. The Kier molecular flexibility index (Phi) is 10.2. The van der Waals surface area contributed by atoms with Gasteiger partial charge in [0.2, 0.25) is 11.8 Å². The smallest absolute Gasteiger partial charge is 0.405 e. The van der Waals surface area contributed by atoms with Crippen molar-refractivity contribution >= 4 is 17.9 Å². The molecule has 3 amide bonds. The summed E-state index contributed by atoms with van der Waals surface area (Å²) in [6.45, 7) is 6.20. The molecule has 4 aromatic rings. The summed E-state index contributed by atoms with van der Waals surface area (Å²) < 4.78 is 5.16. The summed E-state index contributed by atoms with van der Waals surface area (Å²) in [5, 5.41) is 14.1. The molecule has 0 spiro atoms. The van der Waals surface area contributed by atoms with Crippen molar-refractivity contribution in [1.29, 1.82) is 0 Å². The maximum atomic E-state index is 12.7. The van der Waals surface area contributed by atoms with Crippen LogP contribution in [-0.2, 0) is 14.3 Å². The van der Waals surface area contributed by atoms with E-state index in [1.165, 1.54) is 7.11 Å². The van der Waals surface area contributed by atoms with E-state index in [4.69, 9.17) is 9.84 Å². The molecule has 2 aromatic heterocycles. The molecule has 1 fully saturated rings. The number of nitrogens with zero attached hydrogens (tertiary/aromatic N) is 3. The fourth-order valence-corrected chi connectivity index (χ4v) is 5.78. The van der Waals surface area contributed by atoms with Gasteiger partial charge in [0.1, 0.15) is 17.7 Å². The van der Waals surface area contributed by atoms with Crippen LogP contribution in [-0.4, -0.2) is 73.7 Å². The SMILES string of the molecule is CCCC(=O)N1CCC[C@H]1c1ncc(-c2ccc(-c3ccc(-c4cnc([C@@H](C)NC(=O)[C@@H](NC(=O)O)[C@@H](C)OC)[nH]4)cc3)cc2)[nH]1. The third-order valence-corrected chi connectivity index (χ3v) is 8.44. The number of nitrogens with one attached hydrogen (secondary N) is 4. The van der Waals surface area contributed by atoms with Crippen LogP contribution in [0, 0.1) is 0 Å². The number of carbonyl (C=O) groups excluding carboxylic acids is 2. The molecule has 1 saturated heterocycles. The van der Waals surface area contributed by atoms with E-state index in [1.807, 2.05) is 42.3 Å². The number of benzene rings is 2. The first-order valence-corrected chi connectivity index (χ1v) is 15.6. The van der Waals surface area contributed by atoms with Gasteiger partial charge in [-0.1, -0.05) is 55.5 Å². The number of aromatic nitrogens is 4. The largest absolute Gasteiger partial charge is 0.465 e. The molecule has 2 aromatic carbocycles. The lowest BCUT2D eigenvalue weighted by atomic mass is 10.0. The van der Waals surface area contributed by atoms with Crippen LogP contribution in [0.1, 0.15) is 70.2 Å². The molecule has 0 radical (unpaired) electrons. The molecule has 0 bridgehead atoms. The van der Waals surface area contributed by atoms with Crippen LogP contribution >= 0.6 is 0 Å². The fraction of sp³-hybridized carbons (Fsp3) is 0.382. The van der Waals surface area contributed by atoms with Crippen LogP contribution < -0.4 is 10.6 Å². The summed E-state index contributed by atoms with van der Waals surface area (Å²) in [6.07, 6.45) is 4.92. The van der Waals surface area contributed by atoms with Gasteiger partial charge < -0.3 is 35.3 Å². The minimum atomic E-state index is -1.31. The van der Waals surface area contributed by atoms with E-state index in [9.17, 15) is 14.4 Å². The van der Waals surface area contributed by atoms with E-state index >= 15 is 0 Å². The first-order chi connectivity index (χ1) is 22.2. The lowest BCUT2D eigenvalue weighted by Crippen LogP contribution is -2.53. The predicted octanol–water partition coefficient (Wildman–Crippen LogP) is 5.45. The van der Waals surface area contributed by atoms with Gasteiger partial charge in [-0.3, -0.25) is 9.59 Å². The van der Waals surface area contributed by atoms with E-state index in [1.54, 1.807) is 20.0 Å². The molecule has 3 heterocycles. The van der Waals surface area contributed by atoms with Gasteiger partial charge in [-0.05, 0) is 55.4 Å². The minimum Gasteiger partial charge on any atom is -0.465 e. The lowest BCUT2D eigenvalue weighted by Gasteiger charge is -2.23. The highest BCUT2D eigenvalue weighted by molar-refractivity contribution is 5.86. The standard InChI is InChI=1S/C34H41N7O5/c1-5-7-29(42)41-17-6-8-28(41)32-36-19-27(39-32)25-15-11-23(12-16-25)22-9-13-24(14-10-22)26-18-35-31(38-26)20(2)37-33(43)30(21(3)46-4)40-34(44)45/h9-16,18-21,28,30,40H,5-8,17H2,1-4H3,(H,35,38)(H,36,39)(H,37,43)(H,44,45)/t20-,21-,28+,30+/m1/s1. The lowest BCUT2D eigenvalue weighted by molar-refractivity contribution is -0.132. The maximum absolute atomic E-state index is 12.7. The molecule has 242 valence electrons. The highest BCUT2D eigenvalue weighted by Crippen LogP contribution is 2.33. The third-order valence-electron chi connectivity index (χ3n) is 8.44. The van der Waals surface area contributed by atoms with Crippen LogP contribution in [0.5, 0.6) is 0 Å². The second kappa shape index (κ2) is 14.4. The van der Waals surface area contributed by atoms with Crippen molar-refractivity contribution in [2.75, 3.05) is 13.7 Å². The highest BCUT2D eigenvalue weighted by Gasteiger charge is 2.31. The number of carbonyl (C=O) groups is 3. The van der Waals surface area contributed by atoms with Crippen molar-refractivity contribution in [2.45, 2.75) is 70.7 Å². The molecule has 12 nitrogen and oxygen atoms in total. The second-order valence-corrected chi connectivity index (χ2v) is 11.6. The Morgan fingerprint density at radius 1 is 0.935 bits per heavy atom. The van der Waals surface area contributed by atoms with Gasteiger partial charge in [0.25, 0.3) is 0 Å². The van der Waals surface area contributed by atoms with Crippen LogP contribution in [0.25, 0.3) is 33.6 Å². The van der Waals surface area contributed by atoms with Gasteiger partial charge >= 0.3 is 6.09 Å². The Bertz CT molecular complexity index is 1650. The number of hydrogen-bond acceptors (Lipinski definition) is 6. The normalized spacial score (nSPS) is 16.5. The van der Waals surface area contributed by atoms with Crippen LogP contribution in [0.4, 0.5) is 4.79 Å². The molecule has 4 atom stereocenters. The molecule has 5 N–H and O–H groups in total. The Labute approximate surface area is 268 Å². The van der Waals surface area contributed by atoms with Crippen molar-refractivity contribution in [3.8, 4) is 33.6 Å². The van der Waals surface area contributed by atoms with Crippen LogP contribution in [0.3, 0.4) is 0 Å². The Balaban J connectivity index is 1.22. The van der Waals surface area contributed by atoms with E-state index in [0.717, 1.165) is 65.3 Å². The zero-order valence-corrected chi connectivity index (χ0v) is 26.5. The number of amides is 3.